The number of aromatic nitrogens is 2. The van der Waals surface area contributed by atoms with E-state index in [1.165, 1.54) is 17.5 Å². The second-order valence-electron chi connectivity index (χ2n) is 5.24. The van der Waals surface area contributed by atoms with Gasteiger partial charge in [0.2, 0.25) is 0 Å². The number of rotatable bonds is 5. The second-order valence-corrected chi connectivity index (χ2v) is 6.80. The van der Waals surface area contributed by atoms with Crippen molar-refractivity contribution in [1.82, 2.24) is 9.97 Å². The largest absolute Gasteiger partial charge is 0.451 e. The maximum absolute atomic E-state index is 12.4. The molecule has 6 nitrogen and oxygen atoms in total. The van der Waals surface area contributed by atoms with E-state index in [0.717, 1.165) is 10.6 Å². The van der Waals surface area contributed by atoms with Gasteiger partial charge in [-0.1, -0.05) is 41.9 Å². The number of hydrogen-bond acceptors (Lipinski definition) is 6. The highest BCUT2D eigenvalue weighted by Gasteiger charge is 2.20. The van der Waals surface area contributed by atoms with E-state index in [2.05, 4.69) is 15.3 Å². The summed E-state index contributed by atoms with van der Waals surface area (Å²) in [6.07, 6.45) is 1.51. The van der Waals surface area contributed by atoms with Crippen molar-refractivity contribution in [2.24, 2.45) is 0 Å². The lowest BCUT2D eigenvalue weighted by Crippen LogP contribution is -2.21. The van der Waals surface area contributed by atoms with Gasteiger partial charge in [0, 0.05) is 11.8 Å². The van der Waals surface area contributed by atoms with E-state index >= 15 is 0 Å². The smallest absolute Gasteiger partial charge is 0.351 e. The molecule has 1 amide bonds. The lowest BCUT2D eigenvalue weighted by molar-refractivity contribution is -0.119. The zero-order valence-electron chi connectivity index (χ0n) is 13.7. The lowest BCUT2D eigenvalue weighted by Gasteiger charge is -2.07. The monoisotopic (exact) mass is 387 g/mol. The van der Waals surface area contributed by atoms with Gasteiger partial charge in [0.15, 0.2) is 11.8 Å². The van der Waals surface area contributed by atoms with Crippen molar-refractivity contribution < 1.29 is 14.3 Å². The topological polar surface area (TPSA) is 81.2 Å². The molecule has 0 aliphatic carbocycles. The number of halogens is 1. The van der Waals surface area contributed by atoms with Crippen LogP contribution in [0.25, 0.3) is 11.3 Å². The molecule has 0 atom stereocenters. The maximum atomic E-state index is 12.4. The minimum atomic E-state index is -0.595. The third-order valence-electron chi connectivity index (χ3n) is 3.33. The summed E-state index contributed by atoms with van der Waals surface area (Å²) in [4.78, 5) is 33.0. The average Bonchev–Trinajstić information content (AvgIpc) is 3.04. The Morgan fingerprint density at radius 2 is 1.96 bits per heavy atom. The van der Waals surface area contributed by atoms with Gasteiger partial charge < -0.3 is 10.1 Å². The van der Waals surface area contributed by atoms with Crippen molar-refractivity contribution in [3.8, 4) is 11.3 Å². The first-order valence-corrected chi connectivity index (χ1v) is 8.84. The number of amides is 1. The molecule has 26 heavy (non-hydrogen) atoms. The number of hydrogen-bond donors (Lipinski definition) is 1. The molecule has 0 spiro atoms. The lowest BCUT2D eigenvalue weighted by atomic mass is 10.1. The predicted octanol–water partition coefficient (Wildman–Crippen LogP) is 3.96. The van der Waals surface area contributed by atoms with Crippen LogP contribution in [0.15, 0.2) is 48.7 Å². The zero-order valence-corrected chi connectivity index (χ0v) is 15.3. The molecule has 2 aromatic heterocycles. The molecule has 2 heterocycles. The van der Waals surface area contributed by atoms with Gasteiger partial charge in [-0.15, -0.1) is 11.3 Å². The summed E-state index contributed by atoms with van der Waals surface area (Å²) >= 11 is 7.11. The molecule has 3 rings (SSSR count). The summed E-state index contributed by atoms with van der Waals surface area (Å²) < 4.78 is 5.13. The minimum Gasteiger partial charge on any atom is -0.451 e. The van der Waals surface area contributed by atoms with Gasteiger partial charge in [0.1, 0.15) is 4.88 Å². The van der Waals surface area contributed by atoms with Crippen LogP contribution in [0.5, 0.6) is 0 Å². The summed E-state index contributed by atoms with van der Waals surface area (Å²) in [5, 5.41) is 3.45. The number of anilines is 1. The number of pyridine rings is 1. The number of aryl methyl sites for hydroxylation is 1. The first-order chi connectivity index (χ1) is 12.5. The van der Waals surface area contributed by atoms with Crippen molar-refractivity contribution >= 4 is 40.5 Å². The van der Waals surface area contributed by atoms with Crippen LogP contribution in [-0.2, 0) is 9.53 Å². The Kier molecular flexibility index (Phi) is 5.60. The van der Waals surface area contributed by atoms with Crippen LogP contribution < -0.4 is 5.32 Å². The molecule has 1 N–H and O–H groups in total. The van der Waals surface area contributed by atoms with E-state index in [4.69, 9.17) is 16.3 Å². The molecule has 0 fully saturated rings. The standard InChI is InChI=1S/C18H14ClN3O3S/c1-11-21-15(12-6-3-2-4-7-12)16(26-11)18(24)25-10-14(23)22-13-8-5-9-20-17(13)19/h2-9H,10H2,1H3,(H,22,23). The summed E-state index contributed by atoms with van der Waals surface area (Å²) in [5.74, 6) is -1.10. The van der Waals surface area contributed by atoms with Crippen molar-refractivity contribution in [3.05, 3.63) is 63.7 Å². The van der Waals surface area contributed by atoms with Gasteiger partial charge >= 0.3 is 5.97 Å². The fraction of sp³-hybridized carbons (Fsp3) is 0.111. The van der Waals surface area contributed by atoms with Gasteiger partial charge in [-0.05, 0) is 19.1 Å². The van der Waals surface area contributed by atoms with Crippen molar-refractivity contribution in [2.75, 3.05) is 11.9 Å². The number of carbonyl (C=O) groups is 2. The van der Waals surface area contributed by atoms with Crippen LogP contribution in [0.1, 0.15) is 14.7 Å². The number of benzene rings is 1. The molecule has 0 unspecified atom stereocenters. The van der Waals surface area contributed by atoms with E-state index in [1.807, 2.05) is 37.3 Å². The molecule has 0 radical (unpaired) electrons. The summed E-state index contributed by atoms with van der Waals surface area (Å²) in [5.41, 5.74) is 1.72. The summed E-state index contributed by atoms with van der Waals surface area (Å²) in [6, 6.07) is 12.6. The molecule has 0 saturated carbocycles. The van der Waals surface area contributed by atoms with Crippen molar-refractivity contribution in [2.45, 2.75) is 6.92 Å². The Hall–Kier alpha value is -2.77. The number of ether oxygens (including phenoxy) is 1. The van der Waals surface area contributed by atoms with E-state index in [1.54, 1.807) is 12.1 Å². The number of esters is 1. The number of nitrogens with zero attached hydrogens (tertiary/aromatic N) is 2. The number of thiazole rings is 1. The van der Waals surface area contributed by atoms with E-state index < -0.39 is 18.5 Å². The van der Waals surface area contributed by atoms with Gasteiger partial charge in [-0.25, -0.2) is 14.8 Å². The summed E-state index contributed by atoms with van der Waals surface area (Å²) in [7, 11) is 0. The van der Waals surface area contributed by atoms with Crippen LogP contribution in [0.3, 0.4) is 0 Å². The summed E-state index contributed by atoms with van der Waals surface area (Å²) in [6.45, 7) is 1.38. The molecule has 1 aromatic carbocycles. The number of nitrogens with one attached hydrogen (secondary N) is 1. The van der Waals surface area contributed by atoms with Crippen LogP contribution in [0.2, 0.25) is 5.15 Å². The van der Waals surface area contributed by atoms with Crippen LogP contribution in [-0.4, -0.2) is 28.5 Å². The Labute approximate surface area is 158 Å². The predicted molar refractivity (Wildman–Crippen MR) is 100 cm³/mol. The normalized spacial score (nSPS) is 10.4. The van der Waals surface area contributed by atoms with Crippen LogP contribution in [0.4, 0.5) is 5.69 Å². The van der Waals surface area contributed by atoms with Gasteiger partial charge in [-0.2, -0.15) is 0 Å². The minimum absolute atomic E-state index is 0.164. The first kappa shape index (κ1) is 18.0. The van der Waals surface area contributed by atoms with Crippen molar-refractivity contribution in [1.29, 1.82) is 0 Å². The zero-order chi connectivity index (χ0) is 18.5. The molecule has 0 aliphatic rings. The Morgan fingerprint density at radius 1 is 1.19 bits per heavy atom. The Morgan fingerprint density at radius 3 is 2.69 bits per heavy atom. The van der Waals surface area contributed by atoms with Gasteiger partial charge in [0.05, 0.1) is 16.4 Å². The molecule has 0 saturated heterocycles. The van der Waals surface area contributed by atoms with Crippen molar-refractivity contribution in [3.63, 3.8) is 0 Å². The molecule has 132 valence electrons. The molecule has 8 heteroatoms. The molecule has 3 aromatic rings. The third-order valence-corrected chi connectivity index (χ3v) is 4.59. The highest BCUT2D eigenvalue weighted by molar-refractivity contribution is 7.14. The fourth-order valence-electron chi connectivity index (χ4n) is 2.22. The third kappa shape index (κ3) is 4.25. The molecular weight excluding hydrogens is 374 g/mol. The van der Waals surface area contributed by atoms with E-state index in [-0.39, 0.29) is 5.15 Å². The number of carbonyl (C=O) groups excluding carboxylic acids is 2. The average molecular weight is 388 g/mol. The van der Waals surface area contributed by atoms with E-state index in [9.17, 15) is 9.59 Å². The Bertz CT molecular complexity index is 944. The molecular formula is C18H14ClN3O3S. The quantitative estimate of drug-likeness (QED) is 0.529. The first-order valence-electron chi connectivity index (χ1n) is 7.65. The SMILES string of the molecule is Cc1nc(-c2ccccc2)c(C(=O)OCC(=O)Nc2cccnc2Cl)s1. The molecule has 0 bridgehead atoms. The maximum Gasteiger partial charge on any atom is 0.351 e. The highest BCUT2D eigenvalue weighted by atomic mass is 35.5. The highest BCUT2D eigenvalue weighted by Crippen LogP contribution is 2.28. The van der Waals surface area contributed by atoms with Gasteiger partial charge in [0.25, 0.3) is 5.91 Å². The van der Waals surface area contributed by atoms with E-state index in [0.29, 0.717) is 16.3 Å². The van der Waals surface area contributed by atoms with Crippen LogP contribution in [0, 0.1) is 6.92 Å². The second kappa shape index (κ2) is 8.07. The Balaban J connectivity index is 1.68. The van der Waals surface area contributed by atoms with Crippen LogP contribution >= 0.6 is 22.9 Å². The fourth-order valence-corrected chi connectivity index (χ4v) is 3.22. The van der Waals surface area contributed by atoms with Gasteiger partial charge in [-0.3, -0.25) is 4.79 Å². The molecule has 0 aliphatic heterocycles.